The van der Waals surface area contributed by atoms with E-state index in [-0.39, 0.29) is 33.9 Å². The van der Waals surface area contributed by atoms with E-state index in [1.54, 1.807) is 24.3 Å². The standard InChI is InChI=1S/C34H38Cl2FN3O4/c1-19(23-18-31(30(43)44)13-15-32(23,38-2)16-14-31)40-28(41)26(21-7-6-8-24(36)27(21)37)34(33(40)11-4-3-5-12-33)22-10-9-20(35)17-25(22)39-29(34)42/h6-10,17,19,23,26,38H,3-5,11-16,18H2,1-2H3,(H,39,42)(H,43,44)/t19?,23?,26-,31?,32?,34+/m0/s1. The quantitative estimate of drug-likeness (QED) is 0.339. The summed E-state index contributed by atoms with van der Waals surface area (Å²) in [5, 5.41) is 17.4. The maximum Gasteiger partial charge on any atom is 0.309 e. The van der Waals surface area contributed by atoms with Crippen LogP contribution in [0, 0.1) is 17.2 Å². The second kappa shape index (κ2) is 10.2. The summed E-state index contributed by atoms with van der Waals surface area (Å²) < 4.78 is 16.1. The number of rotatable bonds is 5. The Labute approximate surface area is 266 Å². The van der Waals surface area contributed by atoms with Crippen LogP contribution in [0.3, 0.4) is 0 Å². The molecule has 3 N–H and O–H groups in total. The molecule has 2 spiro atoms. The molecule has 10 heteroatoms. The zero-order valence-corrected chi connectivity index (χ0v) is 26.5. The van der Waals surface area contributed by atoms with E-state index < -0.39 is 40.1 Å². The van der Waals surface area contributed by atoms with Crippen LogP contribution in [0.25, 0.3) is 0 Å². The molecule has 0 radical (unpaired) electrons. The van der Waals surface area contributed by atoms with Crippen molar-refractivity contribution in [3.63, 3.8) is 0 Å². The minimum atomic E-state index is -1.44. The summed E-state index contributed by atoms with van der Waals surface area (Å²) in [4.78, 5) is 44.6. The van der Waals surface area contributed by atoms with Crippen LogP contribution in [0.4, 0.5) is 10.1 Å². The van der Waals surface area contributed by atoms with E-state index in [0.29, 0.717) is 61.2 Å². The molecule has 8 rings (SSSR count). The third-order valence-electron chi connectivity index (χ3n) is 12.5. The van der Waals surface area contributed by atoms with Gasteiger partial charge in [-0.05, 0) is 88.6 Å². The molecule has 4 saturated carbocycles. The van der Waals surface area contributed by atoms with Crippen molar-refractivity contribution in [1.82, 2.24) is 10.2 Å². The summed E-state index contributed by atoms with van der Waals surface area (Å²) in [6.07, 6.45) is 6.71. The molecule has 234 valence electrons. The summed E-state index contributed by atoms with van der Waals surface area (Å²) in [5.41, 5.74) is -2.29. The number of carboxylic acids is 1. The summed E-state index contributed by atoms with van der Waals surface area (Å²) in [6.45, 7) is 2.02. The first-order valence-corrected chi connectivity index (χ1v) is 16.5. The van der Waals surface area contributed by atoms with Crippen LogP contribution < -0.4 is 10.6 Å². The van der Waals surface area contributed by atoms with Crippen LogP contribution in [0.2, 0.25) is 10.0 Å². The van der Waals surface area contributed by atoms with E-state index in [0.717, 1.165) is 19.3 Å². The third kappa shape index (κ3) is 3.68. The maximum absolute atomic E-state index is 16.1. The fourth-order valence-electron chi connectivity index (χ4n) is 10.4. The van der Waals surface area contributed by atoms with Crippen LogP contribution in [0.1, 0.15) is 88.2 Å². The lowest BCUT2D eigenvalue weighted by Crippen LogP contribution is -2.69. The number of likely N-dealkylation sites (tertiary alicyclic amines) is 1. The minimum Gasteiger partial charge on any atom is -0.481 e. The normalized spacial score (nSPS) is 34.4. The number of fused-ring (bicyclic) bond motifs is 6. The van der Waals surface area contributed by atoms with Gasteiger partial charge in [-0.1, -0.05) is 60.7 Å². The topological polar surface area (TPSA) is 98.7 Å². The zero-order valence-electron chi connectivity index (χ0n) is 25.0. The second-order valence-electron chi connectivity index (χ2n) is 13.9. The lowest BCUT2D eigenvalue weighted by molar-refractivity contribution is -0.165. The monoisotopic (exact) mass is 641 g/mol. The van der Waals surface area contributed by atoms with Gasteiger partial charge in [0.1, 0.15) is 11.2 Å². The van der Waals surface area contributed by atoms with E-state index in [9.17, 15) is 14.7 Å². The Kier molecular flexibility index (Phi) is 6.93. The van der Waals surface area contributed by atoms with Crippen LogP contribution >= 0.6 is 23.2 Å². The molecule has 5 fully saturated rings. The van der Waals surface area contributed by atoms with Gasteiger partial charge in [0.25, 0.3) is 0 Å². The van der Waals surface area contributed by atoms with Gasteiger partial charge in [-0.2, -0.15) is 0 Å². The first-order chi connectivity index (χ1) is 21.0. The molecule has 2 heterocycles. The first kappa shape index (κ1) is 30.0. The highest BCUT2D eigenvalue weighted by molar-refractivity contribution is 6.31. The molecule has 2 aromatic carbocycles. The highest BCUT2D eigenvalue weighted by Gasteiger charge is 2.76. The van der Waals surface area contributed by atoms with Gasteiger partial charge < -0.3 is 20.6 Å². The molecule has 0 aromatic heterocycles. The van der Waals surface area contributed by atoms with E-state index in [1.165, 1.54) is 6.07 Å². The Balaban J connectivity index is 1.48. The number of benzene rings is 2. The van der Waals surface area contributed by atoms with Gasteiger partial charge in [-0.25, -0.2) is 4.39 Å². The number of halogens is 3. The molecule has 4 aliphatic carbocycles. The Morgan fingerprint density at radius 2 is 1.77 bits per heavy atom. The van der Waals surface area contributed by atoms with Gasteiger partial charge >= 0.3 is 5.97 Å². The Hall–Kier alpha value is -2.68. The van der Waals surface area contributed by atoms with Crippen molar-refractivity contribution < 1.29 is 23.9 Å². The van der Waals surface area contributed by atoms with E-state index in [2.05, 4.69) is 10.6 Å². The summed E-state index contributed by atoms with van der Waals surface area (Å²) in [7, 11) is 1.93. The number of aliphatic carboxylic acids is 1. The molecule has 2 aliphatic heterocycles. The average molecular weight is 643 g/mol. The molecule has 2 bridgehead atoms. The zero-order chi connectivity index (χ0) is 31.2. The van der Waals surface area contributed by atoms with Gasteiger partial charge in [0.2, 0.25) is 11.8 Å². The van der Waals surface area contributed by atoms with Crippen LogP contribution in [0.15, 0.2) is 36.4 Å². The molecule has 7 nitrogen and oxygen atoms in total. The smallest absolute Gasteiger partial charge is 0.309 e. The lowest BCUT2D eigenvalue weighted by atomic mass is 9.50. The average Bonchev–Trinajstić information content (AvgIpc) is 3.42. The number of amides is 2. The first-order valence-electron chi connectivity index (χ1n) is 15.8. The minimum absolute atomic E-state index is 0.105. The number of carbonyl (C=O) groups is 3. The second-order valence-corrected chi connectivity index (χ2v) is 14.7. The molecule has 44 heavy (non-hydrogen) atoms. The van der Waals surface area contributed by atoms with Gasteiger partial charge in [-0.3, -0.25) is 14.4 Å². The summed E-state index contributed by atoms with van der Waals surface area (Å²) >= 11 is 12.7. The Morgan fingerprint density at radius 1 is 1.07 bits per heavy atom. The molecular formula is C34H38Cl2FN3O4. The SMILES string of the molecule is CNC12CCC(C(=O)O)(CC1)CC2C(C)N1C(=O)[C@H](c2cccc(Cl)c2F)[C@]2(C(=O)Nc3cc(Cl)ccc32)C12CCCCC2. The molecule has 2 aromatic rings. The van der Waals surface area contributed by atoms with Crippen LogP contribution in [-0.4, -0.2) is 52.0 Å². The lowest BCUT2D eigenvalue weighted by Gasteiger charge is -2.61. The summed E-state index contributed by atoms with van der Waals surface area (Å²) in [6, 6.07) is 9.49. The Bertz CT molecular complexity index is 1570. The fourth-order valence-corrected chi connectivity index (χ4v) is 10.8. The number of anilines is 1. The number of hydrogen-bond donors (Lipinski definition) is 3. The molecular weight excluding hydrogens is 604 g/mol. The molecule has 4 atom stereocenters. The van der Waals surface area contributed by atoms with Crippen molar-refractivity contribution in [3.05, 3.63) is 63.4 Å². The number of nitrogens with zero attached hydrogens (tertiary/aromatic N) is 1. The maximum atomic E-state index is 16.1. The fraction of sp³-hybridized carbons (Fsp3) is 0.559. The predicted molar refractivity (Wildman–Crippen MR) is 166 cm³/mol. The van der Waals surface area contributed by atoms with Gasteiger partial charge in [0.05, 0.1) is 21.9 Å². The number of carboxylic acid groups (broad SMARTS) is 1. The van der Waals surface area contributed by atoms with E-state index in [1.807, 2.05) is 24.9 Å². The van der Waals surface area contributed by atoms with Crippen molar-refractivity contribution >= 4 is 46.7 Å². The van der Waals surface area contributed by atoms with Crippen LogP contribution in [-0.2, 0) is 19.8 Å². The largest absolute Gasteiger partial charge is 0.481 e. The molecule has 1 saturated heterocycles. The van der Waals surface area contributed by atoms with Crippen molar-refractivity contribution in [3.8, 4) is 0 Å². The van der Waals surface area contributed by atoms with Crippen molar-refractivity contribution in [1.29, 1.82) is 0 Å². The van der Waals surface area contributed by atoms with Crippen molar-refractivity contribution in [2.45, 2.75) is 99.6 Å². The highest BCUT2D eigenvalue weighted by atomic mass is 35.5. The van der Waals surface area contributed by atoms with Crippen molar-refractivity contribution in [2.24, 2.45) is 11.3 Å². The molecule has 6 aliphatic rings. The Morgan fingerprint density at radius 3 is 2.43 bits per heavy atom. The number of nitrogens with one attached hydrogen (secondary N) is 2. The molecule has 2 amide bonds. The third-order valence-corrected chi connectivity index (χ3v) is 13.0. The van der Waals surface area contributed by atoms with Gasteiger partial charge in [0.15, 0.2) is 0 Å². The van der Waals surface area contributed by atoms with E-state index >= 15 is 9.18 Å². The summed E-state index contributed by atoms with van der Waals surface area (Å²) in [5.74, 6) is -3.46. The number of carbonyl (C=O) groups excluding carboxylic acids is 2. The molecule has 2 unspecified atom stereocenters. The van der Waals surface area contributed by atoms with Gasteiger partial charge in [0, 0.05) is 27.9 Å². The number of hydrogen-bond acceptors (Lipinski definition) is 4. The van der Waals surface area contributed by atoms with Crippen LogP contribution in [0.5, 0.6) is 0 Å². The van der Waals surface area contributed by atoms with E-state index in [4.69, 9.17) is 23.2 Å². The predicted octanol–water partition coefficient (Wildman–Crippen LogP) is 6.66. The highest BCUT2D eigenvalue weighted by Crippen LogP contribution is 2.67. The van der Waals surface area contributed by atoms with Gasteiger partial charge in [-0.15, -0.1) is 0 Å². The van der Waals surface area contributed by atoms with Crippen molar-refractivity contribution in [2.75, 3.05) is 12.4 Å².